The third-order valence-electron chi connectivity index (χ3n) is 3.69. The van der Waals surface area contributed by atoms with Gasteiger partial charge < -0.3 is 0 Å². The van der Waals surface area contributed by atoms with Crippen LogP contribution in [0, 0.1) is 0 Å². The van der Waals surface area contributed by atoms with E-state index in [0.29, 0.717) is 11.1 Å². The highest BCUT2D eigenvalue weighted by Gasteiger charge is 2.18. The van der Waals surface area contributed by atoms with Crippen molar-refractivity contribution in [2.24, 2.45) is 0 Å². The van der Waals surface area contributed by atoms with Crippen LogP contribution in [0.15, 0.2) is 48.1 Å². The van der Waals surface area contributed by atoms with Crippen molar-refractivity contribution in [3.63, 3.8) is 0 Å². The summed E-state index contributed by atoms with van der Waals surface area (Å²) in [6.45, 7) is 6.32. The Kier molecular flexibility index (Phi) is 4.55. The summed E-state index contributed by atoms with van der Waals surface area (Å²) in [7, 11) is 0. The lowest BCUT2D eigenvalue weighted by Crippen LogP contribution is -2.13. The average molecular weight is 296 g/mol. The van der Waals surface area contributed by atoms with Gasteiger partial charge in [0.2, 0.25) is 0 Å². The molecule has 0 heterocycles. The van der Waals surface area contributed by atoms with Crippen LogP contribution < -0.4 is 0 Å². The molecule has 3 nitrogen and oxygen atoms in total. The Morgan fingerprint density at radius 1 is 1.00 bits per heavy atom. The van der Waals surface area contributed by atoms with Gasteiger partial charge in [-0.25, -0.2) is 0 Å². The first-order chi connectivity index (χ1) is 10.3. The molecule has 0 amide bonds. The van der Waals surface area contributed by atoms with Crippen molar-refractivity contribution < 1.29 is 14.4 Å². The summed E-state index contributed by atoms with van der Waals surface area (Å²) in [5.74, 6) is -0.467. The fourth-order valence-electron chi connectivity index (χ4n) is 2.24. The van der Waals surface area contributed by atoms with Crippen LogP contribution in [-0.2, 0) is 15.0 Å². The van der Waals surface area contributed by atoms with E-state index in [1.165, 1.54) is 12.2 Å². The second-order valence-corrected chi connectivity index (χ2v) is 6.51. The van der Waals surface area contributed by atoms with Crippen LogP contribution in [0.4, 0.5) is 0 Å². The van der Waals surface area contributed by atoms with Crippen LogP contribution in [0.25, 0.3) is 0 Å². The Balaban J connectivity index is 2.05. The van der Waals surface area contributed by atoms with Crippen LogP contribution in [0.2, 0.25) is 0 Å². The Hall–Kier alpha value is -2.29. The number of Topliss-reactive ketones (excluding diaryl/α,β-unsaturated/α-hetero) is 2. The third-order valence-corrected chi connectivity index (χ3v) is 3.69. The van der Waals surface area contributed by atoms with Crippen LogP contribution in [-0.4, -0.2) is 17.3 Å². The maximum absolute atomic E-state index is 12.2. The van der Waals surface area contributed by atoms with Gasteiger partial charge in [-0.3, -0.25) is 14.4 Å². The number of benzene rings is 1. The highest BCUT2D eigenvalue weighted by atomic mass is 16.1. The molecule has 0 bridgehead atoms. The highest BCUT2D eigenvalue weighted by molar-refractivity contribution is 6.15. The summed E-state index contributed by atoms with van der Waals surface area (Å²) in [5, 5.41) is 0. The van der Waals surface area contributed by atoms with Gasteiger partial charge in [-0.2, -0.15) is 0 Å². The molecule has 0 aromatic heterocycles. The van der Waals surface area contributed by atoms with E-state index in [2.05, 4.69) is 20.8 Å². The molecule has 1 aromatic rings. The summed E-state index contributed by atoms with van der Waals surface area (Å²) in [5.41, 5.74) is 2.16. The Bertz CT molecular complexity index is 668. The van der Waals surface area contributed by atoms with Crippen molar-refractivity contribution in [3.8, 4) is 0 Å². The zero-order valence-electron chi connectivity index (χ0n) is 13.2. The Morgan fingerprint density at radius 2 is 1.64 bits per heavy atom. The van der Waals surface area contributed by atoms with E-state index in [9.17, 15) is 14.4 Å². The molecule has 0 radical (unpaired) electrons. The van der Waals surface area contributed by atoms with Crippen LogP contribution >= 0.6 is 0 Å². The second kappa shape index (κ2) is 6.22. The van der Waals surface area contributed by atoms with Crippen LogP contribution in [0.3, 0.4) is 0 Å². The average Bonchev–Trinajstić information content (AvgIpc) is 2.47. The lowest BCUT2D eigenvalue weighted by Gasteiger charge is -2.18. The van der Waals surface area contributed by atoms with Gasteiger partial charge in [0.15, 0.2) is 17.3 Å². The molecule has 1 aliphatic rings. The molecule has 3 heteroatoms. The minimum atomic E-state index is -0.242. The molecule has 0 saturated carbocycles. The topological polar surface area (TPSA) is 51.2 Å². The van der Waals surface area contributed by atoms with Crippen molar-refractivity contribution in [1.82, 2.24) is 0 Å². The fourth-order valence-corrected chi connectivity index (χ4v) is 2.24. The largest absolute Gasteiger partial charge is 0.295 e. The molecule has 0 saturated heterocycles. The molecule has 114 valence electrons. The number of allylic oxidation sites excluding steroid dienone is 4. The Morgan fingerprint density at radius 3 is 2.14 bits per heavy atom. The lowest BCUT2D eigenvalue weighted by atomic mass is 9.86. The zero-order valence-corrected chi connectivity index (χ0v) is 13.2. The predicted molar refractivity (Wildman–Crippen MR) is 85.9 cm³/mol. The summed E-state index contributed by atoms with van der Waals surface area (Å²) < 4.78 is 0. The molecule has 0 unspecified atom stereocenters. The van der Waals surface area contributed by atoms with E-state index in [1.54, 1.807) is 18.2 Å². The van der Waals surface area contributed by atoms with Gasteiger partial charge in [-0.1, -0.05) is 51.1 Å². The predicted octanol–water partition coefficient (Wildman–Crippen LogP) is 3.58. The first kappa shape index (κ1) is 16.1. The monoisotopic (exact) mass is 296 g/mol. The molecule has 0 aliphatic heterocycles. The van der Waals surface area contributed by atoms with Gasteiger partial charge in [-0.15, -0.1) is 0 Å². The molecule has 2 rings (SSSR count). The van der Waals surface area contributed by atoms with Crippen LogP contribution in [0.5, 0.6) is 0 Å². The first-order valence-corrected chi connectivity index (χ1v) is 7.35. The number of ketones is 3. The molecule has 22 heavy (non-hydrogen) atoms. The van der Waals surface area contributed by atoms with Crippen LogP contribution in [0.1, 0.15) is 49.5 Å². The quantitative estimate of drug-likeness (QED) is 0.630. The smallest absolute Gasteiger partial charge is 0.170 e. The fraction of sp³-hybridized carbons (Fsp3) is 0.316. The van der Waals surface area contributed by atoms with E-state index >= 15 is 0 Å². The molecular weight excluding hydrogens is 276 g/mol. The summed E-state index contributed by atoms with van der Waals surface area (Å²) in [4.78, 5) is 35.3. The molecule has 1 aromatic carbocycles. The lowest BCUT2D eigenvalue weighted by molar-refractivity contribution is -0.114. The van der Waals surface area contributed by atoms with Crippen molar-refractivity contribution in [2.45, 2.75) is 39.0 Å². The molecule has 0 atom stereocenters. The molecular formula is C19H20O3. The number of hydrogen-bond acceptors (Lipinski definition) is 3. The maximum Gasteiger partial charge on any atom is 0.170 e. The van der Waals surface area contributed by atoms with Gasteiger partial charge in [0.05, 0.1) is 6.42 Å². The molecule has 0 spiro atoms. The number of carbonyl (C=O) groups excluding carboxylic acids is 3. The molecule has 0 fully saturated rings. The van der Waals surface area contributed by atoms with E-state index < -0.39 is 0 Å². The first-order valence-electron chi connectivity index (χ1n) is 7.35. The highest BCUT2D eigenvalue weighted by Crippen LogP contribution is 2.22. The Labute approximate surface area is 130 Å². The summed E-state index contributed by atoms with van der Waals surface area (Å²) >= 11 is 0. The minimum Gasteiger partial charge on any atom is -0.295 e. The SMILES string of the molecule is CC(C)(C)c1ccc(C(=O)CC(=O)C2=CCC(=O)C=C2)cc1. The maximum atomic E-state index is 12.2. The second-order valence-electron chi connectivity index (χ2n) is 6.51. The normalized spacial score (nSPS) is 14.7. The molecule has 0 N–H and O–H groups in total. The van der Waals surface area contributed by atoms with Crippen molar-refractivity contribution in [3.05, 3.63) is 59.2 Å². The number of hydrogen-bond donors (Lipinski definition) is 0. The van der Waals surface area contributed by atoms with Crippen molar-refractivity contribution in [2.75, 3.05) is 0 Å². The van der Waals surface area contributed by atoms with Gasteiger partial charge >= 0.3 is 0 Å². The van der Waals surface area contributed by atoms with E-state index in [-0.39, 0.29) is 35.6 Å². The van der Waals surface area contributed by atoms with Gasteiger partial charge in [0.25, 0.3) is 0 Å². The standard InChI is InChI=1S/C19H20O3/c1-19(2,3)15-8-4-13(5-9-15)17(21)12-18(22)14-6-10-16(20)11-7-14/h4-10H,11-12H2,1-3H3. The van der Waals surface area contributed by atoms with Crippen molar-refractivity contribution >= 4 is 17.3 Å². The van der Waals surface area contributed by atoms with E-state index in [1.807, 2.05) is 12.1 Å². The third kappa shape index (κ3) is 3.88. The minimum absolute atomic E-state index is 0.0272. The van der Waals surface area contributed by atoms with Crippen molar-refractivity contribution in [1.29, 1.82) is 0 Å². The van der Waals surface area contributed by atoms with E-state index in [4.69, 9.17) is 0 Å². The summed E-state index contributed by atoms with van der Waals surface area (Å²) in [6.07, 6.45) is 4.52. The van der Waals surface area contributed by atoms with E-state index in [0.717, 1.165) is 5.56 Å². The number of rotatable bonds is 4. The number of carbonyl (C=O) groups is 3. The zero-order chi connectivity index (χ0) is 16.3. The van der Waals surface area contributed by atoms with Gasteiger partial charge in [-0.05, 0) is 23.1 Å². The van der Waals surface area contributed by atoms with Gasteiger partial charge in [0, 0.05) is 17.6 Å². The van der Waals surface area contributed by atoms with Gasteiger partial charge in [0.1, 0.15) is 0 Å². The molecule has 1 aliphatic carbocycles. The summed E-state index contributed by atoms with van der Waals surface area (Å²) in [6, 6.07) is 7.39.